The summed E-state index contributed by atoms with van der Waals surface area (Å²) >= 11 is 1.01. The summed E-state index contributed by atoms with van der Waals surface area (Å²) in [6, 6.07) is 3.25. The van der Waals surface area contributed by atoms with E-state index in [1.54, 1.807) is 0 Å². The zero-order valence-corrected chi connectivity index (χ0v) is 9.13. The summed E-state index contributed by atoms with van der Waals surface area (Å²) in [4.78, 5) is 10.0. The van der Waals surface area contributed by atoms with Crippen LogP contribution in [0.15, 0.2) is 6.07 Å². The Bertz CT molecular complexity index is 395. The van der Waals surface area contributed by atoms with Crippen molar-refractivity contribution in [2.45, 2.75) is 19.8 Å². The predicted octanol–water partition coefficient (Wildman–Crippen LogP) is 2.74. The lowest BCUT2D eigenvalue weighted by molar-refractivity contribution is -0.380. The third kappa shape index (κ3) is 2.92. The van der Waals surface area contributed by atoms with Crippen molar-refractivity contribution in [1.82, 2.24) is 0 Å². The number of nitro groups is 1. The Hall–Kier alpha value is -1.61. The van der Waals surface area contributed by atoms with E-state index in [4.69, 9.17) is 5.26 Å². The van der Waals surface area contributed by atoms with Crippen molar-refractivity contribution in [1.29, 1.82) is 5.26 Å². The molecule has 0 amide bonds. The number of hydrogen-bond acceptors (Lipinski definition) is 5. The van der Waals surface area contributed by atoms with Crippen LogP contribution in [0.25, 0.3) is 0 Å². The van der Waals surface area contributed by atoms with Crippen molar-refractivity contribution in [2.75, 3.05) is 11.9 Å². The van der Waals surface area contributed by atoms with E-state index in [-0.39, 0.29) is 5.00 Å². The molecule has 1 heterocycles. The number of hydrogen-bond donors (Lipinski definition) is 1. The molecular formula is C9H11N3O2S. The Balaban J connectivity index is 2.78. The second kappa shape index (κ2) is 5.32. The van der Waals surface area contributed by atoms with Gasteiger partial charge in [0, 0.05) is 12.6 Å². The first kappa shape index (κ1) is 11.5. The maximum atomic E-state index is 10.5. The molecule has 0 aromatic carbocycles. The number of thiophene rings is 1. The van der Waals surface area contributed by atoms with Crippen LogP contribution in [-0.4, -0.2) is 11.5 Å². The highest BCUT2D eigenvalue weighted by Crippen LogP contribution is 2.32. The van der Waals surface area contributed by atoms with E-state index >= 15 is 0 Å². The van der Waals surface area contributed by atoms with E-state index in [9.17, 15) is 10.1 Å². The molecule has 0 unspecified atom stereocenters. The van der Waals surface area contributed by atoms with Crippen molar-refractivity contribution in [3.8, 4) is 6.07 Å². The van der Waals surface area contributed by atoms with Gasteiger partial charge < -0.3 is 5.32 Å². The number of anilines is 1. The molecule has 15 heavy (non-hydrogen) atoms. The highest BCUT2D eigenvalue weighted by Gasteiger charge is 2.15. The lowest BCUT2D eigenvalue weighted by Gasteiger charge is -2.00. The van der Waals surface area contributed by atoms with Crippen molar-refractivity contribution in [3.63, 3.8) is 0 Å². The minimum atomic E-state index is -0.476. The van der Waals surface area contributed by atoms with Gasteiger partial charge in [0.05, 0.1) is 10.5 Å². The van der Waals surface area contributed by atoms with Crippen LogP contribution in [0.3, 0.4) is 0 Å². The van der Waals surface area contributed by atoms with E-state index < -0.39 is 4.92 Å². The summed E-state index contributed by atoms with van der Waals surface area (Å²) in [5.41, 5.74) is 0.350. The van der Waals surface area contributed by atoms with Gasteiger partial charge in [0.25, 0.3) is 0 Å². The van der Waals surface area contributed by atoms with Gasteiger partial charge in [-0.05, 0) is 17.8 Å². The SMILES string of the molecule is CCCCNc1sc([N+](=O)[O-])cc1C#N. The normalized spacial score (nSPS) is 9.60. The predicted molar refractivity (Wildman–Crippen MR) is 59.1 cm³/mol. The van der Waals surface area contributed by atoms with Gasteiger partial charge in [-0.2, -0.15) is 5.26 Å². The molecular weight excluding hydrogens is 214 g/mol. The third-order valence-corrected chi connectivity index (χ3v) is 2.88. The molecule has 0 saturated carbocycles. The molecule has 6 heteroatoms. The number of nitrogens with zero attached hydrogens (tertiary/aromatic N) is 2. The fourth-order valence-electron chi connectivity index (χ4n) is 1.06. The molecule has 1 aromatic heterocycles. The van der Waals surface area contributed by atoms with Crippen molar-refractivity contribution >= 4 is 21.3 Å². The standard InChI is InChI=1S/C9H11N3O2S/c1-2-3-4-11-9-7(6-10)5-8(15-9)12(13)14/h5,11H,2-4H2,1H3. The van der Waals surface area contributed by atoms with Crippen LogP contribution in [0, 0.1) is 21.4 Å². The molecule has 80 valence electrons. The lowest BCUT2D eigenvalue weighted by Crippen LogP contribution is -1.99. The van der Waals surface area contributed by atoms with Crippen LogP contribution in [-0.2, 0) is 0 Å². The lowest BCUT2D eigenvalue weighted by atomic mass is 10.3. The Morgan fingerprint density at radius 3 is 3.00 bits per heavy atom. The zero-order chi connectivity index (χ0) is 11.3. The maximum absolute atomic E-state index is 10.5. The van der Waals surface area contributed by atoms with Gasteiger partial charge >= 0.3 is 5.00 Å². The zero-order valence-electron chi connectivity index (χ0n) is 8.32. The summed E-state index contributed by atoms with van der Waals surface area (Å²) in [5.74, 6) is 0. The first-order valence-corrected chi connectivity index (χ1v) is 5.43. The van der Waals surface area contributed by atoms with Gasteiger partial charge in [-0.1, -0.05) is 13.3 Å². The van der Waals surface area contributed by atoms with E-state index in [0.717, 1.165) is 30.7 Å². The summed E-state index contributed by atoms with van der Waals surface area (Å²) < 4.78 is 0. The third-order valence-electron chi connectivity index (χ3n) is 1.84. The van der Waals surface area contributed by atoms with Crippen LogP contribution >= 0.6 is 11.3 Å². The van der Waals surface area contributed by atoms with Crippen LogP contribution in [0.2, 0.25) is 0 Å². The maximum Gasteiger partial charge on any atom is 0.327 e. The first-order chi connectivity index (χ1) is 7.19. The molecule has 0 radical (unpaired) electrons. The van der Waals surface area contributed by atoms with Crippen LogP contribution in [0.5, 0.6) is 0 Å². The average molecular weight is 225 g/mol. The van der Waals surface area contributed by atoms with E-state index in [1.807, 2.05) is 6.07 Å². The fourth-order valence-corrected chi connectivity index (χ4v) is 1.91. The Morgan fingerprint density at radius 1 is 1.73 bits per heavy atom. The Labute approximate surface area is 91.5 Å². The van der Waals surface area contributed by atoms with Crippen molar-refractivity contribution < 1.29 is 4.92 Å². The molecule has 0 bridgehead atoms. The Morgan fingerprint density at radius 2 is 2.47 bits per heavy atom. The number of unbranched alkanes of at least 4 members (excludes halogenated alkanes) is 1. The minimum absolute atomic E-state index is 0.00514. The quantitative estimate of drug-likeness (QED) is 0.474. The number of rotatable bonds is 5. The van der Waals surface area contributed by atoms with Crippen molar-refractivity contribution in [2.24, 2.45) is 0 Å². The molecule has 0 aliphatic rings. The largest absolute Gasteiger partial charge is 0.376 e. The molecule has 0 atom stereocenters. The summed E-state index contributed by atoms with van der Waals surface area (Å²) in [6.45, 7) is 2.80. The molecule has 0 aliphatic heterocycles. The van der Waals surface area contributed by atoms with Crippen molar-refractivity contribution in [3.05, 3.63) is 21.7 Å². The summed E-state index contributed by atoms with van der Waals surface area (Å²) in [6.07, 6.45) is 2.03. The van der Waals surface area contributed by atoms with Gasteiger partial charge in [-0.15, -0.1) is 0 Å². The Kier molecular flexibility index (Phi) is 4.06. The summed E-state index contributed by atoms with van der Waals surface area (Å²) in [7, 11) is 0. The molecule has 1 rings (SSSR count). The molecule has 0 saturated heterocycles. The molecule has 1 aromatic rings. The van der Waals surface area contributed by atoms with E-state index in [1.165, 1.54) is 6.07 Å². The molecule has 1 N–H and O–H groups in total. The molecule has 5 nitrogen and oxygen atoms in total. The summed E-state index contributed by atoms with van der Waals surface area (Å²) in [5, 5.41) is 22.9. The minimum Gasteiger partial charge on any atom is -0.376 e. The number of nitriles is 1. The van der Waals surface area contributed by atoms with Crippen LogP contribution < -0.4 is 5.32 Å². The monoisotopic (exact) mass is 225 g/mol. The van der Waals surface area contributed by atoms with Gasteiger partial charge in [-0.3, -0.25) is 10.1 Å². The topological polar surface area (TPSA) is 79.0 Å². The average Bonchev–Trinajstić information content (AvgIpc) is 2.62. The smallest absolute Gasteiger partial charge is 0.327 e. The molecule has 0 spiro atoms. The van der Waals surface area contributed by atoms with Gasteiger partial charge in [0.2, 0.25) is 0 Å². The van der Waals surface area contributed by atoms with Gasteiger partial charge in [-0.25, -0.2) is 0 Å². The highest BCUT2D eigenvalue weighted by atomic mass is 32.1. The van der Waals surface area contributed by atoms with Gasteiger partial charge in [0.15, 0.2) is 0 Å². The fraction of sp³-hybridized carbons (Fsp3) is 0.444. The van der Waals surface area contributed by atoms with Crippen LogP contribution in [0.1, 0.15) is 25.3 Å². The first-order valence-electron chi connectivity index (χ1n) is 4.61. The molecule has 0 fully saturated rings. The van der Waals surface area contributed by atoms with E-state index in [2.05, 4.69) is 12.2 Å². The number of nitrogens with one attached hydrogen (secondary N) is 1. The van der Waals surface area contributed by atoms with Crippen LogP contribution in [0.4, 0.5) is 10.0 Å². The van der Waals surface area contributed by atoms with E-state index in [0.29, 0.717) is 10.6 Å². The second-order valence-corrected chi connectivity index (χ2v) is 4.01. The molecule has 0 aliphatic carbocycles. The second-order valence-electron chi connectivity index (χ2n) is 2.98. The highest BCUT2D eigenvalue weighted by molar-refractivity contribution is 7.19. The van der Waals surface area contributed by atoms with Gasteiger partial charge in [0.1, 0.15) is 11.1 Å².